The third kappa shape index (κ3) is 6.29. The van der Waals surface area contributed by atoms with Crippen molar-refractivity contribution in [3.63, 3.8) is 0 Å². The molecule has 1 saturated heterocycles. The third-order valence-corrected chi connectivity index (χ3v) is 8.21. The number of anilines is 1. The molecule has 0 radical (unpaired) electrons. The van der Waals surface area contributed by atoms with Crippen molar-refractivity contribution in [2.24, 2.45) is 4.99 Å². The standard InChI is InChI=1S/C18H27N5O2S3.HI/c1-14-13-16(15(2)27-14)28(24,25)21-7-6-20-18(19-3)23-10-8-22(9-11-23)17-5-4-12-26-17;/h4-5,12-13,21H,6-11H2,1-3H3,(H,19,20);1H. The lowest BCUT2D eigenvalue weighted by atomic mass is 10.3. The van der Waals surface area contributed by atoms with Gasteiger partial charge in [-0.05, 0) is 37.4 Å². The first-order chi connectivity index (χ1) is 13.4. The minimum atomic E-state index is -3.47. The largest absolute Gasteiger partial charge is 0.360 e. The number of guanidine groups is 1. The van der Waals surface area contributed by atoms with Crippen molar-refractivity contribution in [3.05, 3.63) is 33.3 Å². The lowest BCUT2D eigenvalue weighted by Gasteiger charge is -2.37. The van der Waals surface area contributed by atoms with Crippen LogP contribution in [0, 0.1) is 13.8 Å². The monoisotopic (exact) mass is 569 g/mol. The lowest BCUT2D eigenvalue weighted by Crippen LogP contribution is -2.53. The summed E-state index contributed by atoms with van der Waals surface area (Å²) in [4.78, 5) is 11.1. The van der Waals surface area contributed by atoms with Crippen LogP contribution < -0.4 is 14.9 Å². The zero-order valence-corrected chi connectivity index (χ0v) is 21.6. The molecule has 11 heteroatoms. The van der Waals surface area contributed by atoms with Crippen LogP contribution in [0.1, 0.15) is 9.75 Å². The van der Waals surface area contributed by atoms with Crippen LogP contribution in [0.2, 0.25) is 0 Å². The number of rotatable bonds is 6. The van der Waals surface area contributed by atoms with Crippen molar-refractivity contribution < 1.29 is 8.42 Å². The van der Waals surface area contributed by atoms with Gasteiger partial charge in [0.2, 0.25) is 10.0 Å². The Kier molecular flexibility index (Phi) is 9.19. The van der Waals surface area contributed by atoms with E-state index in [0.717, 1.165) is 41.9 Å². The molecule has 0 atom stereocenters. The average Bonchev–Trinajstić information content (AvgIpc) is 3.32. The molecular weight excluding hydrogens is 541 g/mol. The van der Waals surface area contributed by atoms with Gasteiger partial charge < -0.3 is 15.1 Å². The van der Waals surface area contributed by atoms with Gasteiger partial charge >= 0.3 is 0 Å². The number of sulfonamides is 1. The maximum absolute atomic E-state index is 12.5. The Morgan fingerprint density at radius 1 is 1.21 bits per heavy atom. The Morgan fingerprint density at radius 2 is 1.93 bits per heavy atom. The van der Waals surface area contributed by atoms with Crippen LogP contribution in [-0.4, -0.2) is 65.6 Å². The van der Waals surface area contributed by atoms with E-state index in [4.69, 9.17) is 0 Å². The van der Waals surface area contributed by atoms with Crippen LogP contribution in [0.15, 0.2) is 33.5 Å². The molecule has 0 unspecified atom stereocenters. The molecule has 0 amide bonds. The molecule has 2 aromatic rings. The van der Waals surface area contributed by atoms with Gasteiger partial charge in [0.15, 0.2) is 5.96 Å². The predicted octanol–water partition coefficient (Wildman–Crippen LogP) is 2.72. The molecular formula is C18H28IN5O2S3. The van der Waals surface area contributed by atoms with Crippen LogP contribution in [0.3, 0.4) is 0 Å². The quantitative estimate of drug-likeness (QED) is 0.242. The topological polar surface area (TPSA) is 77.0 Å². The van der Waals surface area contributed by atoms with Crippen LogP contribution >= 0.6 is 46.7 Å². The Morgan fingerprint density at radius 3 is 2.48 bits per heavy atom. The number of halogens is 1. The SMILES string of the molecule is CN=C(NCCNS(=O)(=O)c1cc(C)sc1C)N1CCN(c2cccs2)CC1.I. The van der Waals surface area contributed by atoms with Crippen LogP contribution in [0.4, 0.5) is 5.00 Å². The number of hydrogen-bond donors (Lipinski definition) is 2. The summed E-state index contributed by atoms with van der Waals surface area (Å²) in [6.07, 6.45) is 0. The van der Waals surface area contributed by atoms with Gasteiger partial charge in [-0.25, -0.2) is 13.1 Å². The second-order valence-electron chi connectivity index (χ2n) is 6.57. The van der Waals surface area contributed by atoms with E-state index in [9.17, 15) is 8.42 Å². The van der Waals surface area contributed by atoms with Crippen molar-refractivity contribution >= 4 is 67.6 Å². The first-order valence-corrected chi connectivity index (χ1v) is 12.4. The molecule has 1 fully saturated rings. The van der Waals surface area contributed by atoms with E-state index in [1.165, 1.54) is 16.3 Å². The van der Waals surface area contributed by atoms with Gasteiger partial charge in [0.05, 0.1) is 9.90 Å². The molecule has 29 heavy (non-hydrogen) atoms. The zero-order valence-electron chi connectivity index (χ0n) is 16.8. The summed E-state index contributed by atoms with van der Waals surface area (Å²) in [5, 5.41) is 6.67. The lowest BCUT2D eigenvalue weighted by molar-refractivity contribution is 0.374. The highest BCUT2D eigenvalue weighted by Gasteiger charge is 2.21. The Labute approximate surface area is 198 Å². The van der Waals surface area contributed by atoms with E-state index in [-0.39, 0.29) is 24.0 Å². The second-order valence-corrected chi connectivity index (χ2v) is 10.7. The fourth-order valence-electron chi connectivity index (χ4n) is 3.23. The number of piperazine rings is 1. The van der Waals surface area contributed by atoms with Crippen LogP contribution in [0.5, 0.6) is 0 Å². The van der Waals surface area contributed by atoms with Crippen molar-refractivity contribution in [2.45, 2.75) is 18.7 Å². The van der Waals surface area contributed by atoms with Gasteiger partial charge in [-0.15, -0.1) is 46.7 Å². The number of nitrogens with one attached hydrogen (secondary N) is 2. The third-order valence-electron chi connectivity index (χ3n) is 4.59. The Bertz CT molecular complexity index is 904. The summed E-state index contributed by atoms with van der Waals surface area (Å²) in [5.74, 6) is 0.813. The van der Waals surface area contributed by atoms with Gasteiger partial charge in [0, 0.05) is 56.1 Å². The zero-order chi connectivity index (χ0) is 20.1. The summed E-state index contributed by atoms with van der Waals surface area (Å²) in [6.45, 7) is 8.22. The van der Waals surface area contributed by atoms with Gasteiger partial charge in [-0.2, -0.15) is 0 Å². The van der Waals surface area contributed by atoms with Gasteiger partial charge in [0.1, 0.15) is 0 Å². The summed E-state index contributed by atoms with van der Waals surface area (Å²) in [5.41, 5.74) is 0. The Hall–Kier alpha value is -0.890. The summed E-state index contributed by atoms with van der Waals surface area (Å²) in [6, 6.07) is 5.95. The molecule has 0 aromatic carbocycles. The molecule has 0 spiro atoms. The van der Waals surface area contributed by atoms with Crippen molar-refractivity contribution in [2.75, 3.05) is 51.2 Å². The highest BCUT2D eigenvalue weighted by molar-refractivity contribution is 14.0. The number of thiophene rings is 2. The number of nitrogens with zero attached hydrogens (tertiary/aromatic N) is 3. The molecule has 0 aliphatic carbocycles. The summed E-state index contributed by atoms with van der Waals surface area (Å²) >= 11 is 3.26. The van der Waals surface area contributed by atoms with E-state index < -0.39 is 10.0 Å². The van der Waals surface area contributed by atoms with Crippen LogP contribution in [-0.2, 0) is 10.0 Å². The summed E-state index contributed by atoms with van der Waals surface area (Å²) < 4.78 is 27.6. The number of aliphatic imine (C=N–C) groups is 1. The molecule has 1 aliphatic heterocycles. The number of hydrogen-bond acceptors (Lipinski definition) is 6. The molecule has 1 aliphatic rings. The Balaban J connectivity index is 0.00000300. The van der Waals surface area contributed by atoms with E-state index in [0.29, 0.717) is 18.0 Å². The normalized spacial score (nSPS) is 15.3. The highest BCUT2D eigenvalue weighted by Crippen LogP contribution is 2.24. The fraction of sp³-hybridized carbons (Fsp3) is 0.500. The van der Waals surface area contributed by atoms with Crippen molar-refractivity contribution in [1.82, 2.24) is 14.9 Å². The number of aryl methyl sites for hydroxylation is 2. The molecule has 3 rings (SSSR count). The molecule has 3 heterocycles. The molecule has 0 saturated carbocycles. The van der Waals surface area contributed by atoms with E-state index in [2.05, 4.69) is 42.3 Å². The van der Waals surface area contributed by atoms with Crippen LogP contribution in [0.25, 0.3) is 0 Å². The highest BCUT2D eigenvalue weighted by atomic mass is 127. The second kappa shape index (κ2) is 10.9. The molecule has 7 nitrogen and oxygen atoms in total. The van der Waals surface area contributed by atoms with E-state index in [1.807, 2.05) is 13.8 Å². The van der Waals surface area contributed by atoms with Gasteiger partial charge in [-0.3, -0.25) is 4.99 Å². The van der Waals surface area contributed by atoms with E-state index >= 15 is 0 Å². The fourth-order valence-corrected chi connectivity index (χ4v) is 6.60. The average molecular weight is 570 g/mol. The predicted molar refractivity (Wildman–Crippen MR) is 134 cm³/mol. The van der Waals surface area contributed by atoms with E-state index in [1.54, 1.807) is 24.5 Å². The maximum Gasteiger partial charge on any atom is 0.241 e. The molecule has 162 valence electrons. The van der Waals surface area contributed by atoms with Crippen molar-refractivity contribution in [1.29, 1.82) is 0 Å². The maximum atomic E-state index is 12.5. The smallest absolute Gasteiger partial charge is 0.241 e. The van der Waals surface area contributed by atoms with Gasteiger partial charge in [-0.1, -0.05) is 0 Å². The van der Waals surface area contributed by atoms with Gasteiger partial charge in [0.25, 0.3) is 0 Å². The first kappa shape index (κ1) is 24.4. The molecule has 2 aromatic heterocycles. The minimum absolute atomic E-state index is 0. The molecule has 2 N–H and O–H groups in total. The first-order valence-electron chi connectivity index (χ1n) is 9.21. The molecule has 0 bridgehead atoms. The minimum Gasteiger partial charge on any atom is -0.360 e. The summed E-state index contributed by atoms with van der Waals surface area (Å²) in [7, 11) is -1.71. The van der Waals surface area contributed by atoms with Crippen molar-refractivity contribution in [3.8, 4) is 0 Å².